The van der Waals surface area contributed by atoms with Crippen molar-refractivity contribution in [2.45, 2.75) is 60.5 Å². The van der Waals surface area contributed by atoms with Crippen molar-refractivity contribution in [3.8, 4) is 0 Å². The predicted molar refractivity (Wildman–Crippen MR) is 271 cm³/mol. The van der Waals surface area contributed by atoms with E-state index in [9.17, 15) is 0 Å². The molecule has 0 radical (unpaired) electrons. The summed E-state index contributed by atoms with van der Waals surface area (Å²) >= 11 is 0. The van der Waals surface area contributed by atoms with Gasteiger partial charge in [0.1, 0.15) is 11.7 Å². The molecule has 0 N–H and O–H groups in total. The summed E-state index contributed by atoms with van der Waals surface area (Å²) in [6.45, 7) is 13.0. The van der Waals surface area contributed by atoms with Crippen LogP contribution in [0, 0.1) is 19.8 Å². The van der Waals surface area contributed by atoms with Crippen LogP contribution in [0.1, 0.15) is 51.7 Å². The summed E-state index contributed by atoms with van der Waals surface area (Å²) in [6.07, 6.45) is 24.6. The van der Waals surface area contributed by atoms with Gasteiger partial charge in [0, 0.05) is 50.1 Å². The molecular weight excluding hydrogens is 781 g/mol. The van der Waals surface area contributed by atoms with Crippen LogP contribution in [-0.2, 0) is 4.74 Å². The monoisotopic (exact) mass is 832 g/mol. The van der Waals surface area contributed by atoms with Gasteiger partial charge in [0.05, 0.1) is 22.8 Å². The van der Waals surface area contributed by atoms with Crippen LogP contribution in [0.4, 0.5) is 22.7 Å². The molecule has 0 saturated heterocycles. The smallest absolute Gasteiger partial charge is 0.159 e. The summed E-state index contributed by atoms with van der Waals surface area (Å²) in [5.41, 5.74) is 14.6. The maximum absolute atomic E-state index is 6.84. The van der Waals surface area contributed by atoms with E-state index in [1.54, 1.807) is 0 Å². The van der Waals surface area contributed by atoms with Gasteiger partial charge in [-0.3, -0.25) is 0 Å². The lowest BCUT2D eigenvalue weighted by Crippen LogP contribution is -2.20. The maximum atomic E-state index is 6.84. The molecule has 4 nitrogen and oxygen atoms in total. The molecule has 8 aromatic rings. The van der Waals surface area contributed by atoms with E-state index in [-0.39, 0.29) is 12.0 Å². The number of hydrogen-bond donors (Lipinski definition) is 0. The molecule has 2 aliphatic carbocycles. The van der Waals surface area contributed by atoms with E-state index in [4.69, 9.17) is 9.15 Å². The minimum absolute atomic E-state index is 0.0709. The van der Waals surface area contributed by atoms with Crippen molar-refractivity contribution >= 4 is 77.0 Å². The second-order valence-electron chi connectivity index (χ2n) is 17.8. The Labute approximate surface area is 375 Å². The Morgan fingerprint density at radius 2 is 1.38 bits per heavy atom. The Morgan fingerprint density at radius 1 is 0.672 bits per heavy atom. The largest absolute Gasteiger partial charge is 0.489 e. The fourth-order valence-corrected chi connectivity index (χ4v) is 10.4. The van der Waals surface area contributed by atoms with E-state index in [1.807, 2.05) is 0 Å². The fourth-order valence-electron chi connectivity index (χ4n) is 10.4. The Balaban J connectivity index is 1.09. The summed E-state index contributed by atoms with van der Waals surface area (Å²) in [4.78, 5) is 4.85. The van der Waals surface area contributed by atoms with Crippen LogP contribution in [0.5, 0.6) is 0 Å². The third-order valence-electron chi connectivity index (χ3n) is 13.5. The van der Waals surface area contributed by atoms with Crippen LogP contribution < -0.4 is 9.80 Å². The first-order valence-electron chi connectivity index (χ1n) is 22.6. The molecule has 1 aliphatic heterocycles. The summed E-state index contributed by atoms with van der Waals surface area (Å²) in [5, 5.41) is 9.59. The Kier molecular flexibility index (Phi) is 9.76. The number of benzene rings is 7. The molecule has 64 heavy (non-hydrogen) atoms. The molecule has 0 amide bonds. The number of nitrogens with zero attached hydrogens (tertiary/aromatic N) is 2. The average Bonchev–Trinajstić information content (AvgIpc) is 3.67. The van der Waals surface area contributed by atoms with Gasteiger partial charge in [-0.15, -0.1) is 0 Å². The van der Waals surface area contributed by atoms with Crippen LogP contribution in [-0.4, -0.2) is 6.10 Å². The van der Waals surface area contributed by atoms with Crippen molar-refractivity contribution in [2.24, 2.45) is 5.92 Å². The van der Waals surface area contributed by atoms with E-state index in [0.29, 0.717) is 0 Å². The molecule has 2 heterocycles. The van der Waals surface area contributed by atoms with Crippen LogP contribution in [0.25, 0.3) is 54.3 Å². The van der Waals surface area contributed by atoms with Crippen molar-refractivity contribution in [1.29, 1.82) is 0 Å². The molecule has 0 saturated carbocycles. The van der Waals surface area contributed by atoms with Crippen molar-refractivity contribution in [3.05, 3.63) is 215 Å². The number of anilines is 4. The molecule has 0 bridgehead atoms. The van der Waals surface area contributed by atoms with Gasteiger partial charge in [-0.05, 0) is 141 Å². The van der Waals surface area contributed by atoms with E-state index in [1.165, 1.54) is 54.6 Å². The molecular formula is C60H52N2O2. The predicted octanol–water partition coefficient (Wildman–Crippen LogP) is 16.8. The highest BCUT2D eigenvalue weighted by Crippen LogP contribution is 2.49. The van der Waals surface area contributed by atoms with E-state index >= 15 is 0 Å². The number of allylic oxidation sites excluding steroid dienone is 12. The minimum atomic E-state index is 0.0709. The van der Waals surface area contributed by atoms with E-state index in [2.05, 4.69) is 221 Å². The zero-order chi connectivity index (χ0) is 43.6. The number of aryl methyl sites for hydroxylation is 2. The first kappa shape index (κ1) is 39.5. The Hall–Kier alpha value is -7.30. The van der Waals surface area contributed by atoms with Gasteiger partial charge in [0.15, 0.2) is 5.58 Å². The van der Waals surface area contributed by atoms with Crippen LogP contribution in [0.3, 0.4) is 0 Å². The average molecular weight is 833 g/mol. The van der Waals surface area contributed by atoms with Crippen molar-refractivity contribution in [3.63, 3.8) is 0 Å². The fraction of sp³-hybridized carbons (Fsp3) is 0.167. The number of ether oxygens (including phenoxy) is 1. The molecule has 314 valence electrons. The zero-order valence-corrected chi connectivity index (χ0v) is 37.4. The van der Waals surface area contributed by atoms with Gasteiger partial charge in [0.25, 0.3) is 0 Å². The minimum Gasteiger partial charge on any atom is -0.489 e. The maximum Gasteiger partial charge on any atom is 0.159 e. The summed E-state index contributed by atoms with van der Waals surface area (Å²) in [6, 6.07) is 40.2. The van der Waals surface area contributed by atoms with E-state index < -0.39 is 0 Å². The third-order valence-corrected chi connectivity index (χ3v) is 13.5. The standard InChI is InChI=1S/C60H52N2O2/c1-37-15-7-9-20-45(35-37)61(41(5)19-13-23-47-42(6)63-58-39(3)17-8-10-22-48(47)58)53-33-29-43-28-32-52-54(34-30-44-27-31-51(53)56(43)57(44)52)62(46-21-11-16-38(2)36-46)55-26-14-25-50-49-24-12-18-40(4)59(49)64-60(50)55/h7,10-36,48,58H,8-9H2,1-6H3/b23-13-,41-19+. The summed E-state index contributed by atoms with van der Waals surface area (Å²) in [5.74, 6) is 1.22. The second-order valence-corrected chi connectivity index (χ2v) is 17.8. The molecule has 7 aromatic carbocycles. The normalized spacial score (nSPS) is 18.0. The zero-order valence-electron chi connectivity index (χ0n) is 37.4. The highest BCUT2D eigenvalue weighted by molar-refractivity contribution is 6.28. The van der Waals surface area contributed by atoms with Crippen molar-refractivity contribution < 1.29 is 9.15 Å². The number of furan rings is 1. The number of hydrogen-bond acceptors (Lipinski definition) is 4. The lowest BCUT2D eigenvalue weighted by atomic mass is 9.91. The molecule has 4 heteroatoms. The lowest BCUT2D eigenvalue weighted by Gasteiger charge is -2.30. The third kappa shape index (κ3) is 6.59. The number of rotatable bonds is 8. The highest BCUT2D eigenvalue weighted by atomic mass is 16.5. The van der Waals surface area contributed by atoms with Gasteiger partial charge in [-0.25, -0.2) is 0 Å². The molecule has 0 fully saturated rings. The first-order valence-corrected chi connectivity index (χ1v) is 22.6. The van der Waals surface area contributed by atoms with Gasteiger partial charge in [0.2, 0.25) is 0 Å². The number of para-hydroxylation sites is 2. The second kappa shape index (κ2) is 15.8. The molecule has 2 unspecified atom stereocenters. The van der Waals surface area contributed by atoms with E-state index in [0.717, 1.165) is 80.2 Å². The topological polar surface area (TPSA) is 28.9 Å². The van der Waals surface area contributed by atoms with Crippen molar-refractivity contribution in [2.75, 3.05) is 9.80 Å². The van der Waals surface area contributed by atoms with Gasteiger partial charge in [-0.1, -0.05) is 127 Å². The van der Waals surface area contributed by atoms with Crippen LogP contribution in [0.15, 0.2) is 208 Å². The molecule has 0 spiro atoms. The molecule has 11 rings (SSSR count). The molecule has 1 aromatic heterocycles. The number of fused-ring (bicyclic) bond motifs is 4. The SMILES string of the molecule is CC1=CC(N(/C(C)=C/C=C\C2=C(C)OC3C(C)=CCC=CC23)c2ccc3ccc4c(N(c5cccc(C)c5)c5cccc6c5oc5c(C)cccc56)ccc5ccc2c3c54)=CCC=C1. The molecule has 3 aliphatic rings. The van der Waals surface area contributed by atoms with Gasteiger partial charge < -0.3 is 19.0 Å². The Morgan fingerprint density at radius 3 is 2.17 bits per heavy atom. The van der Waals surface area contributed by atoms with Gasteiger partial charge >= 0.3 is 0 Å². The quantitative estimate of drug-likeness (QED) is 0.0866. The first-order chi connectivity index (χ1) is 31.2. The van der Waals surface area contributed by atoms with Gasteiger partial charge in [-0.2, -0.15) is 0 Å². The summed E-state index contributed by atoms with van der Waals surface area (Å²) < 4.78 is 13.3. The summed E-state index contributed by atoms with van der Waals surface area (Å²) in [7, 11) is 0. The lowest BCUT2D eigenvalue weighted by molar-refractivity contribution is 0.157. The Bertz CT molecular complexity index is 3450. The highest BCUT2D eigenvalue weighted by Gasteiger charge is 2.33. The van der Waals surface area contributed by atoms with Crippen LogP contribution in [0.2, 0.25) is 0 Å². The van der Waals surface area contributed by atoms with Crippen molar-refractivity contribution in [1.82, 2.24) is 0 Å². The van der Waals surface area contributed by atoms with Crippen LogP contribution >= 0.6 is 0 Å². The molecule has 2 atom stereocenters.